The Labute approximate surface area is 213 Å². The van der Waals surface area contributed by atoms with Gasteiger partial charge >= 0.3 is 6.03 Å². The number of hydrogen-bond acceptors (Lipinski definition) is 8. The Bertz CT molecular complexity index is 1250. The Morgan fingerprint density at radius 3 is 2.72 bits per heavy atom. The second kappa shape index (κ2) is 10.9. The Balaban J connectivity index is 1.57. The first-order valence-corrected chi connectivity index (χ1v) is 12.5. The lowest BCUT2D eigenvalue weighted by Gasteiger charge is -2.11. The van der Waals surface area contributed by atoms with E-state index in [0.29, 0.717) is 40.4 Å². The van der Waals surface area contributed by atoms with Gasteiger partial charge in [-0.25, -0.2) is 9.79 Å². The van der Waals surface area contributed by atoms with Gasteiger partial charge in [-0.1, -0.05) is 6.58 Å². The maximum absolute atomic E-state index is 12.5. The summed E-state index contributed by atoms with van der Waals surface area (Å²) < 4.78 is 1.58. The van der Waals surface area contributed by atoms with Crippen LogP contribution in [-0.2, 0) is 4.79 Å². The van der Waals surface area contributed by atoms with Crippen molar-refractivity contribution in [1.29, 1.82) is 0 Å². The molecule has 2 fully saturated rings. The first kappa shape index (κ1) is 25.3. The van der Waals surface area contributed by atoms with Crippen LogP contribution in [0, 0.1) is 0 Å². The summed E-state index contributed by atoms with van der Waals surface area (Å²) in [6.45, 7) is 7.44. The van der Waals surface area contributed by atoms with E-state index in [9.17, 15) is 14.4 Å². The van der Waals surface area contributed by atoms with Crippen LogP contribution in [0.4, 0.5) is 10.6 Å². The molecule has 36 heavy (non-hydrogen) atoms. The van der Waals surface area contributed by atoms with Crippen LogP contribution in [0.1, 0.15) is 46.3 Å². The highest BCUT2D eigenvalue weighted by atomic mass is 32.1. The van der Waals surface area contributed by atoms with Gasteiger partial charge in [-0.2, -0.15) is 9.78 Å². The number of carbonyl (C=O) groups is 3. The molecule has 1 saturated heterocycles. The molecule has 4 rings (SSSR count). The molecule has 1 saturated carbocycles. The van der Waals surface area contributed by atoms with Crippen LogP contribution in [-0.4, -0.2) is 71.5 Å². The maximum Gasteiger partial charge on any atom is 0.326 e. The number of amides is 4. The molecular formula is C24H30N8O3S. The van der Waals surface area contributed by atoms with E-state index in [1.807, 2.05) is 27.1 Å². The number of imide groups is 1. The minimum Gasteiger partial charge on any atom is -0.368 e. The summed E-state index contributed by atoms with van der Waals surface area (Å²) >= 11 is 1.35. The quantitative estimate of drug-likeness (QED) is 0.158. The van der Waals surface area contributed by atoms with Gasteiger partial charge < -0.3 is 20.9 Å². The Kier molecular flexibility index (Phi) is 7.65. The highest BCUT2D eigenvalue weighted by molar-refractivity contribution is 7.16. The van der Waals surface area contributed by atoms with Gasteiger partial charge in [0.05, 0.1) is 16.8 Å². The van der Waals surface area contributed by atoms with Crippen molar-refractivity contribution in [2.45, 2.75) is 32.2 Å². The molecule has 190 valence electrons. The third-order valence-electron chi connectivity index (χ3n) is 5.52. The van der Waals surface area contributed by atoms with E-state index in [0.717, 1.165) is 30.7 Å². The van der Waals surface area contributed by atoms with Crippen molar-refractivity contribution in [1.82, 2.24) is 35.9 Å². The van der Waals surface area contributed by atoms with Crippen LogP contribution in [0.15, 0.2) is 35.6 Å². The number of hydrogen-bond donors (Lipinski definition) is 4. The van der Waals surface area contributed by atoms with Gasteiger partial charge in [-0.05, 0) is 65.0 Å². The Hall–Kier alpha value is -3.77. The molecule has 3 heterocycles. The highest BCUT2D eigenvalue weighted by Crippen LogP contribution is 2.28. The van der Waals surface area contributed by atoms with Crippen molar-refractivity contribution in [3.63, 3.8) is 0 Å². The number of carbonyl (C=O) groups excluding carboxylic acids is 3. The molecule has 2 aliphatic rings. The van der Waals surface area contributed by atoms with Crippen molar-refractivity contribution in [3.8, 4) is 0 Å². The van der Waals surface area contributed by atoms with E-state index in [2.05, 4.69) is 37.8 Å². The van der Waals surface area contributed by atoms with Gasteiger partial charge in [0.2, 0.25) is 0 Å². The highest BCUT2D eigenvalue weighted by Gasteiger charge is 2.26. The first-order chi connectivity index (χ1) is 17.2. The van der Waals surface area contributed by atoms with Gasteiger partial charge in [0.1, 0.15) is 11.5 Å². The summed E-state index contributed by atoms with van der Waals surface area (Å²) in [5.74, 6) is 0.389. The summed E-state index contributed by atoms with van der Waals surface area (Å²) in [5, 5.41) is 15.3. The number of aliphatic imine (C=N–C) groups is 1. The van der Waals surface area contributed by atoms with Gasteiger partial charge in [-0.3, -0.25) is 14.9 Å². The fraction of sp³-hybridized carbons (Fsp3) is 0.375. The second-order valence-corrected chi connectivity index (χ2v) is 10.0. The van der Waals surface area contributed by atoms with E-state index in [1.54, 1.807) is 16.9 Å². The molecule has 2 aromatic heterocycles. The second-order valence-electron chi connectivity index (χ2n) is 8.94. The van der Waals surface area contributed by atoms with Gasteiger partial charge in [0.15, 0.2) is 5.82 Å². The van der Waals surface area contributed by atoms with Crippen molar-refractivity contribution >= 4 is 52.6 Å². The predicted octanol–water partition coefficient (Wildman–Crippen LogP) is 2.13. The van der Waals surface area contributed by atoms with E-state index in [4.69, 9.17) is 4.99 Å². The SMILES string of the molecule is C=C(NC1CC1)n1ncc(/C=C2\NC(=O)NC2=O)c1/N=C(\C)c1ccc(C(=O)NCCCN(C)C)s1. The molecule has 4 N–H and O–H groups in total. The van der Waals surface area contributed by atoms with Gasteiger partial charge in [-0.15, -0.1) is 11.3 Å². The van der Waals surface area contributed by atoms with Crippen LogP contribution in [0.2, 0.25) is 0 Å². The molecule has 4 amide bonds. The van der Waals surface area contributed by atoms with Crippen LogP contribution in [0.25, 0.3) is 11.9 Å². The van der Waals surface area contributed by atoms with Crippen LogP contribution < -0.4 is 21.3 Å². The number of urea groups is 1. The van der Waals surface area contributed by atoms with Gasteiger partial charge in [0, 0.05) is 23.0 Å². The molecule has 0 atom stereocenters. The van der Waals surface area contributed by atoms with E-state index >= 15 is 0 Å². The molecule has 1 aliphatic carbocycles. The average molecular weight is 511 g/mol. The monoisotopic (exact) mass is 510 g/mol. The molecule has 0 unspecified atom stereocenters. The zero-order chi connectivity index (χ0) is 25.8. The average Bonchev–Trinajstić information content (AvgIpc) is 3.20. The fourth-order valence-electron chi connectivity index (χ4n) is 3.48. The largest absolute Gasteiger partial charge is 0.368 e. The normalized spacial score (nSPS) is 16.9. The summed E-state index contributed by atoms with van der Waals surface area (Å²) in [4.78, 5) is 44.4. The summed E-state index contributed by atoms with van der Waals surface area (Å²) in [6, 6.07) is 3.43. The minimum atomic E-state index is -0.578. The molecule has 1 aliphatic heterocycles. The number of nitrogens with zero attached hydrogens (tertiary/aromatic N) is 4. The molecule has 0 bridgehead atoms. The van der Waals surface area contributed by atoms with Crippen LogP contribution in [0.3, 0.4) is 0 Å². The smallest absolute Gasteiger partial charge is 0.326 e. The molecule has 12 heteroatoms. The molecule has 0 radical (unpaired) electrons. The predicted molar refractivity (Wildman–Crippen MR) is 140 cm³/mol. The zero-order valence-corrected chi connectivity index (χ0v) is 21.4. The van der Waals surface area contributed by atoms with E-state index in [1.165, 1.54) is 17.4 Å². The topological polar surface area (TPSA) is 133 Å². The third kappa shape index (κ3) is 6.26. The summed E-state index contributed by atoms with van der Waals surface area (Å²) in [5.41, 5.74) is 1.32. The molecule has 2 aromatic rings. The molecular weight excluding hydrogens is 480 g/mol. The summed E-state index contributed by atoms with van der Waals surface area (Å²) in [6.07, 6.45) is 6.10. The van der Waals surface area contributed by atoms with Crippen LogP contribution >= 0.6 is 11.3 Å². The van der Waals surface area contributed by atoms with Crippen LogP contribution in [0.5, 0.6) is 0 Å². The lowest BCUT2D eigenvalue weighted by atomic mass is 10.2. The fourth-order valence-corrected chi connectivity index (χ4v) is 4.35. The maximum atomic E-state index is 12.5. The molecule has 0 aromatic carbocycles. The number of thiophene rings is 1. The van der Waals surface area contributed by atoms with E-state index in [-0.39, 0.29) is 11.6 Å². The standard InChI is InChI=1S/C24H30N8O3S/c1-14(19-8-9-20(36-19)23(34)25-10-5-11-31(3)4)27-21-16(12-18-22(33)30-24(35)29-18)13-26-32(21)15(2)28-17-6-7-17/h8-9,12-13,17,28H,2,5-7,10-11H2,1,3-4H3,(H,25,34)(H2,29,30,33,35)/b18-12-,27-14+. The van der Waals surface area contributed by atoms with Crippen molar-refractivity contribution < 1.29 is 14.4 Å². The van der Waals surface area contributed by atoms with Crippen molar-refractivity contribution in [2.75, 3.05) is 27.2 Å². The van der Waals surface area contributed by atoms with E-state index < -0.39 is 11.9 Å². The summed E-state index contributed by atoms with van der Waals surface area (Å²) in [7, 11) is 4.00. The minimum absolute atomic E-state index is 0.110. The number of aromatic nitrogens is 2. The Morgan fingerprint density at radius 2 is 2.06 bits per heavy atom. The number of nitrogens with one attached hydrogen (secondary N) is 4. The first-order valence-electron chi connectivity index (χ1n) is 11.7. The van der Waals surface area contributed by atoms with Crippen molar-refractivity contribution in [2.24, 2.45) is 4.99 Å². The zero-order valence-electron chi connectivity index (χ0n) is 20.6. The lowest BCUT2D eigenvalue weighted by molar-refractivity contribution is -0.115. The van der Waals surface area contributed by atoms with Crippen molar-refractivity contribution in [3.05, 3.63) is 45.9 Å². The number of rotatable bonds is 11. The molecule has 0 spiro atoms. The van der Waals surface area contributed by atoms with Gasteiger partial charge in [0.25, 0.3) is 11.8 Å². The Morgan fingerprint density at radius 1 is 1.31 bits per heavy atom. The third-order valence-corrected chi connectivity index (χ3v) is 6.72. The lowest BCUT2D eigenvalue weighted by Crippen LogP contribution is -2.26. The molecule has 11 nitrogen and oxygen atoms in total.